The number of benzene rings is 1. The number of carboxylic acid groups (broad SMARTS) is 1. The molecule has 0 saturated carbocycles. The van der Waals surface area contributed by atoms with E-state index in [0.717, 1.165) is 38.2 Å². The Labute approximate surface area is 146 Å². The molecule has 130 valence electrons. The molecule has 0 spiro atoms. The summed E-state index contributed by atoms with van der Waals surface area (Å²) in [5, 5.41) is 14.6. The van der Waals surface area contributed by atoms with Gasteiger partial charge in [0.05, 0.1) is 5.69 Å². The lowest BCUT2D eigenvalue weighted by atomic mass is 9.94. The zero-order valence-electron chi connectivity index (χ0n) is 14.1. The largest absolute Gasteiger partial charge is 0.480 e. The van der Waals surface area contributed by atoms with Crippen molar-refractivity contribution >= 4 is 16.9 Å². The number of nitrogens with one attached hydrogen (secondary N) is 1. The molecule has 0 unspecified atom stereocenters. The number of para-hydroxylation sites is 1. The Balaban J connectivity index is 1.46. The fourth-order valence-corrected chi connectivity index (χ4v) is 3.78. The summed E-state index contributed by atoms with van der Waals surface area (Å²) >= 11 is 0. The number of rotatable bonds is 5. The molecule has 0 bridgehead atoms. The van der Waals surface area contributed by atoms with Crippen molar-refractivity contribution in [3.05, 3.63) is 54.0 Å². The summed E-state index contributed by atoms with van der Waals surface area (Å²) in [5.74, 6) is -0.495. The van der Waals surface area contributed by atoms with Crippen molar-refractivity contribution in [3.8, 4) is 0 Å². The highest BCUT2D eigenvalue weighted by Gasteiger charge is 2.23. The van der Waals surface area contributed by atoms with Crippen LogP contribution in [0.2, 0.25) is 0 Å². The van der Waals surface area contributed by atoms with E-state index in [4.69, 9.17) is 5.11 Å². The minimum atomic E-state index is -0.862. The predicted octanol–water partition coefficient (Wildman–Crippen LogP) is 2.83. The molecule has 25 heavy (non-hydrogen) atoms. The van der Waals surface area contributed by atoms with Gasteiger partial charge >= 0.3 is 5.97 Å². The number of carboxylic acids is 1. The summed E-state index contributed by atoms with van der Waals surface area (Å²) in [6.45, 7) is 2.89. The molecular formula is C19H22N4O2. The van der Waals surface area contributed by atoms with Crippen LogP contribution in [0.15, 0.2) is 42.7 Å². The average Bonchev–Trinajstić information content (AvgIpc) is 3.24. The third-order valence-electron chi connectivity index (χ3n) is 4.95. The van der Waals surface area contributed by atoms with Crippen molar-refractivity contribution in [2.24, 2.45) is 0 Å². The van der Waals surface area contributed by atoms with E-state index >= 15 is 0 Å². The highest BCUT2D eigenvalue weighted by Crippen LogP contribution is 2.27. The van der Waals surface area contributed by atoms with Gasteiger partial charge in [0.2, 0.25) is 0 Å². The van der Waals surface area contributed by atoms with E-state index in [2.05, 4.69) is 39.2 Å². The Hall–Kier alpha value is -2.60. The molecule has 1 fully saturated rings. The highest BCUT2D eigenvalue weighted by molar-refractivity contribution is 5.82. The van der Waals surface area contributed by atoms with Gasteiger partial charge in [0.25, 0.3) is 0 Å². The molecule has 0 aliphatic carbocycles. The molecule has 3 heterocycles. The summed E-state index contributed by atoms with van der Waals surface area (Å²) in [7, 11) is 0. The zero-order chi connectivity index (χ0) is 17.2. The SMILES string of the molecule is O=C(O)Cn1ccc([C@@H]2CCCN(Cc3cccc4cc[nH]c34)C2)n1. The lowest BCUT2D eigenvalue weighted by molar-refractivity contribution is -0.137. The van der Waals surface area contributed by atoms with Gasteiger partial charge in [-0.3, -0.25) is 14.4 Å². The molecule has 1 aliphatic heterocycles. The van der Waals surface area contributed by atoms with Crippen LogP contribution in [0.3, 0.4) is 0 Å². The molecule has 6 nitrogen and oxygen atoms in total. The lowest BCUT2D eigenvalue weighted by Crippen LogP contribution is -2.34. The summed E-state index contributed by atoms with van der Waals surface area (Å²) in [6.07, 6.45) is 5.99. The summed E-state index contributed by atoms with van der Waals surface area (Å²) < 4.78 is 1.51. The first kappa shape index (κ1) is 15.9. The van der Waals surface area contributed by atoms with Crippen LogP contribution in [0.4, 0.5) is 0 Å². The molecule has 2 aromatic heterocycles. The molecule has 1 aliphatic rings. The lowest BCUT2D eigenvalue weighted by Gasteiger charge is -2.32. The van der Waals surface area contributed by atoms with Gasteiger partial charge < -0.3 is 10.1 Å². The third-order valence-corrected chi connectivity index (χ3v) is 4.95. The van der Waals surface area contributed by atoms with Crippen molar-refractivity contribution in [1.82, 2.24) is 19.7 Å². The van der Waals surface area contributed by atoms with Crippen LogP contribution in [0, 0.1) is 0 Å². The standard InChI is InChI=1S/C19H22N4O2/c24-18(25)13-23-10-7-17(21-23)15-5-2-9-22(11-15)12-16-4-1-3-14-6-8-20-19(14)16/h1,3-4,6-8,10,15,20H,2,5,9,11-13H2,(H,24,25)/t15-/m1/s1. The number of fused-ring (bicyclic) bond motifs is 1. The second kappa shape index (κ2) is 6.72. The van der Waals surface area contributed by atoms with Crippen LogP contribution in [0.1, 0.15) is 30.0 Å². The van der Waals surface area contributed by atoms with Gasteiger partial charge in [-0.1, -0.05) is 18.2 Å². The Morgan fingerprint density at radius 1 is 1.32 bits per heavy atom. The first-order valence-electron chi connectivity index (χ1n) is 8.71. The van der Waals surface area contributed by atoms with E-state index in [-0.39, 0.29) is 6.54 Å². The normalized spacial score (nSPS) is 18.6. The predicted molar refractivity (Wildman–Crippen MR) is 95.4 cm³/mol. The van der Waals surface area contributed by atoms with E-state index in [0.29, 0.717) is 5.92 Å². The average molecular weight is 338 g/mol. The first-order valence-corrected chi connectivity index (χ1v) is 8.71. The Morgan fingerprint density at radius 3 is 3.12 bits per heavy atom. The van der Waals surface area contributed by atoms with Gasteiger partial charge in [0, 0.05) is 36.9 Å². The molecule has 1 saturated heterocycles. The number of nitrogens with zero attached hydrogens (tertiary/aromatic N) is 3. The molecule has 4 rings (SSSR count). The maximum Gasteiger partial charge on any atom is 0.325 e. The van der Waals surface area contributed by atoms with Gasteiger partial charge in [0.1, 0.15) is 6.54 Å². The number of aromatic nitrogens is 3. The van der Waals surface area contributed by atoms with E-state index < -0.39 is 5.97 Å². The van der Waals surface area contributed by atoms with Crippen molar-refractivity contribution in [2.75, 3.05) is 13.1 Å². The summed E-state index contributed by atoms with van der Waals surface area (Å²) in [6, 6.07) is 10.5. The number of aliphatic carboxylic acids is 1. The monoisotopic (exact) mass is 338 g/mol. The van der Waals surface area contributed by atoms with Crippen LogP contribution in [0.5, 0.6) is 0 Å². The molecule has 0 radical (unpaired) electrons. The topological polar surface area (TPSA) is 74.2 Å². The number of hydrogen-bond donors (Lipinski definition) is 2. The number of likely N-dealkylation sites (tertiary alicyclic amines) is 1. The van der Waals surface area contributed by atoms with Gasteiger partial charge in [0.15, 0.2) is 0 Å². The maximum absolute atomic E-state index is 10.8. The summed E-state index contributed by atoms with van der Waals surface area (Å²) in [4.78, 5) is 16.6. The molecule has 0 amide bonds. The van der Waals surface area contributed by atoms with Crippen molar-refractivity contribution < 1.29 is 9.90 Å². The number of carbonyl (C=O) groups is 1. The molecule has 1 aromatic carbocycles. The number of aromatic amines is 1. The van der Waals surface area contributed by atoms with Gasteiger partial charge in [-0.05, 0) is 42.5 Å². The van der Waals surface area contributed by atoms with Crippen molar-refractivity contribution in [3.63, 3.8) is 0 Å². The minimum absolute atomic E-state index is 0.0781. The highest BCUT2D eigenvalue weighted by atomic mass is 16.4. The van der Waals surface area contributed by atoms with Crippen LogP contribution in [0.25, 0.3) is 10.9 Å². The maximum atomic E-state index is 10.8. The van der Waals surface area contributed by atoms with E-state index in [9.17, 15) is 4.79 Å². The Morgan fingerprint density at radius 2 is 2.24 bits per heavy atom. The van der Waals surface area contributed by atoms with E-state index in [1.54, 1.807) is 6.20 Å². The second-order valence-electron chi connectivity index (χ2n) is 6.77. The van der Waals surface area contributed by atoms with Gasteiger partial charge in [-0.2, -0.15) is 5.10 Å². The van der Waals surface area contributed by atoms with Crippen LogP contribution < -0.4 is 0 Å². The minimum Gasteiger partial charge on any atom is -0.480 e. The summed E-state index contributed by atoms with van der Waals surface area (Å²) in [5.41, 5.74) is 3.54. The van der Waals surface area contributed by atoms with E-state index in [1.165, 1.54) is 21.1 Å². The molecule has 6 heteroatoms. The van der Waals surface area contributed by atoms with Gasteiger partial charge in [-0.25, -0.2) is 0 Å². The van der Waals surface area contributed by atoms with Gasteiger partial charge in [-0.15, -0.1) is 0 Å². The van der Waals surface area contributed by atoms with Crippen LogP contribution in [-0.4, -0.2) is 43.8 Å². The number of hydrogen-bond acceptors (Lipinski definition) is 3. The molecule has 3 aromatic rings. The molecule has 2 N–H and O–H groups in total. The molecule has 1 atom stereocenters. The Kier molecular flexibility index (Phi) is 4.28. The van der Waals surface area contributed by atoms with E-state index in [1.807, 2.05) is 12.3 Å². The third kappa shape index (κ3) is 3.44. The second-order valence-corrected chi connectivity index (χ2v) is 6.77. The number of piperidine rings is 1. The smallest absolute Gasteiger partial charge is 0.325 e. The number of H-pyrrole nitrogens is 1. The fourth-order valence-electron chi connectivity index (χ4n) is 3.78. The van der Waals surface area contributed by atoms with Crippen molar-refractivity contribution in [2.45, 2.75) is 31.8 Å². The van der Waals surface area contributed by atoms with Crippen LogP contribution in [-0.2, 0) is 17.9 Å². The van der Waals surface area contributed by atoms with Crippen LogP contribution >= 0.6 is 0 Å². The molecular weight excluding hydrogens is 316 g/mol. The quantitative estimate of drug-likeness (QED) is 0.750. The van der Waals surface area contributed by atoms with Crippen molar-refractivity contribution in [1.29, 1.82) is 0 Å². The zero-order valence-corrected chi connectivity index (χ0v) is 14.1. The first-order chi connectivity index (χ1) is 12.2. The fraction of sp³-hybridized carbons (Fsp3) is 0.368. The Bertz CT molecular complexity index is 882.